The van der Waals surface area contributed by atoms with Crippen molar-refractivity contribution in [1.29, 1.82) is 0 Å². The number of benzene rings is 13. The van der Waals surface area contributed by atoms with Gasteiger partial charge in [0.2, 0.25) is 0 Å². The van der Waals surface area contributed by atoms with E-state index in [0.29, 0.717) is 5.56 Å². The zero-order chi connectivity index (χ0) is 100. The van der Waals surface area contributed by atoms with Crippen molar-refractivity contribution in [2.24, 2.45) is 0 Å². The van der Waals surface area contributed by atoms with Gasteiger partial charge in [-0.25, -0.2) is 0 Å². The molecule has 0 saturated heterocycles. The molecular weight excluding hydrogens is 1920 g/mol. The first-order chi connectivity index (χ1) is 68.1. The Balaban J connectivity index is 0.000000408. The van der Waals surface area contributed by atoms with Crippen LogP contribution < -0.4 is 48.8 Å². The van der Waals surface area contributed by atoms with Gasteiger partial charge in [-0.3, -0.25) is 24.7 Å². The van der Waals surface area contributed by atoms with E-state index in [1.165, 1.54) is 110 Å². The fourth-order valence-corrected chi connectivity index (χ4v) is 19.6. The molecule has 17 aromatic rings. The number of aryl methyl sites for hydroxylation is 4. The smallest absolute Gasteiger partial charge is 0.373 e. The van der Waals surface area contributed by atoms with Gasteiger partial charge in [-0.15, -0.1) is 0 Å². The van der Waals surface area contributed by atoms with Crippen molar-refractivity contribution in [3.63, 3.8) is 0 Å². The number of rotatable bonds is 18. The molecule has 4 heterocycles. The summed E-state index contributed by atoms with van der Waals surface area (Å²) < 4.78 is 0. The van der Waals surface area contributed by atoms with Gasteiger partial charge in [0.15, 0.2) is 0 Å². The fraction of sp³-hybridized carbons (Fsp3) is 0.0504. The number of alkyl halides is 1. The van der Waals surface area contributed by atoms with E-state index >= 15 is 0 Å². The summed E-state index contributed by atoms with van der Waals surface area (Å²) in [6, 6.07) is 146. The second-order valence-corrected chi connectivity index (χ2v) is 34.8. The lowest BCUT2D eigenvalue weighted by Crippen LogP contribution is -3.00. The molecule has 0 atom stereocenters. The standard InChI is InChI=1S/C26H24P.C18H15P.C15H14.C14H13N.2C13H11N.C8H9Br.C6H5NO.6CO2.BrH/c1-22-12-11-13-23(20-22)21-27(24-14-5-2-6-15-24,25-16-7-3-8-17-25)26-18-9-4-10-19-26;1-4-10-16(11-5-1)19(17-12-6-2-7-13-17)18-14-8-3-9-15-18;1-13-6-5-9-15(12-13)11-10-14-7-3-2-4-8-14;1-12-3-2-4-14(11-12)6-5-13-7-9-15-10-8-13;2*1-2-4-12(5-3-1)6-7-13-8-10-14-11-9-13;1-7-3-2-4-8(5-7)6-9;8-5-6-1-3-7-4-2-6;6*2-1-3;/h2-20H,21H2,1H3;1-15H;2-12H,1H3;2-11H,1H3;2*1-11H;2-5H,6H2,1H3;1-5H;;;;;;;1H/q+1;;;;;;;;;;;;;;/p-1/b;;11-10-;6-5+;7-6+;7-6-;;;;;;;;;. The SMILES string of the molecule is C(=C/c1ccncc1)/c1ccccc1.C(=C\c1ccncc1)/c1ccccc1.Cc1cccc(/C=C/c2ccncc2)c1.Cc1cccc(/C=C\c2ccccc2)c1.Cc1cccc(CBr)c1.Cc1cccc(C[P+](c2ccccc2)(c2ccccc2)c2ccccc2)c1.O=C=O.O=C=O.O=C=O.O=C=O.O=C=O.O=C=O.O=Cc1ccncc1.[Br-].c1ccc(P(c2ccccc2)c2ccccc2)cc1. The number of aromatic nitrogens is 4. The van der Waals surface area contributed by atoms with E-state index < -0.39 is 15.2 Å². The van der Waals surface area contributed by atoms with E-state index in [9.17, 15) is 4.79 Å². The van der Waals surface area contributed by atoms with Crippen molar-refractivity contribution < 1.29 is 79.3 Å². The minimum Gasteiger partial charge on any atom is -1.00 e. The van der Waals surface area contributed by atoms with E-state index in [0.717, 1.165) is 17.8 Å². The minimum absolute atomic E-state index is 0. The first-order valence-electron chi connectivity index (χ1n) is 42.8. The highest BCUT2D eigenvalue weighted by Gasteiger charge is 2.45. The topological polar surface area (TPSA) is 273 Å². The lowest BCUT2D eigenvalue weighted by molar-refractivity contribution is -0.193. The molecule has 0 bridgehead atoms. The Bertz CT molecular complexity index is 5990. The van der Waals surface area contributed by atoms with E-state index in [1.807, 2.05) is 78.9 Å². The largest absolute Gasteiger partial charge is 1.00 e. The average molecular weight is 2020 g/mol. The Morgan fingerprint density at radius 1 is 0.236 bits per heavy atom. The number of pyridine rings is 4. The van der Waals surface area contributed by atoms with Gasteiger partial charge in [0.25, 0.3) is 0 Å². The molecular formula is C119H102Br2N4O13P2. The van der Waals surface area contributed by atoms with Gasteiger partial charge < -0.3 is 17.0 Å². The van der Waals surface area contributed by atoms with Gasteiger partial charge >= 0.3 is 36.9 Å². The number of nitrogens with zero attached hydrogens (tertiary/aromatic N) is 4. The summed E-state index contributed by atoms with van der Waals surface area (Å²) in [6.45, 7) is 8.49. The Morgan fingerprint density at radius 2 is 0.429 bits per heavy atom. The second kappa shape index (κ2) is 76.5. The van der Waals surface area contributed by atoms with Crippen molar-refractivity contribution >= 4 is 155 Å². The minimum atomic E-state index is -1.79. The van der Waals surface area contributed by atoms with Gasteiger partial charge in [-0.05, 0) is 192 Å². The summed E-state index contributed by atoms with van der Waals surface area (Å²) in [5, 5.41) is 9.45. The zero-order valence-electron chi connectivity index (χ0n) is 77.3. The molecule has 0 saturated carbocycles. The molecule has 17 nitrogen and oxygen atoms in total. The maximum absolute atomic E-state index is 9.98. The molecule has 0 amide bonds. The Kier molecular flexibility index (Phi) is 64.1. The van der Waals surface area contributed by atoms with Crippen LogP contribution in [0, 0.1) is 27.7 Å². The summed E-state index contributed by atoms with van der Waals surface area (Å²) in [4.78, 5) is 123. The molecule has 0 aliphatic rings. The number of carbonyl (C=O) groups is 1. The van der Waals surface area contributed by atoms with E-state index in [4.69, 9.17) is 57.5 Å². The van der Waals surface area contributed by atoms with Gasteiger partial charge in [-0.1, -0.05) is 420 Å². The summed E-state index contributed by atoms with van der Waals surface area (Å²) in [7, 11) is -2.24. The van der Waals surface area contributed by atoms with Crippen molar-refractivity contribution in [1.82, 2.24) is 19.9 Å². The van der Waals surface area contributed by atoms with Crippen LogP contribution in [-0.4, -0.2) is 63.1 Å². The lowest BCUT2D eigenvalue weighted by Gasteiger charge is -2.28. The van der Waals surface area contributed by atoms with Crippen molar-refractivity contribution in [2.75, 3.05) is 0 Å². The van der Waals surface area contributed by atoms with Crippen LogP contribution in [0.2, 0.25) is 0 Å². The van der Waals surface area contributed by atoms with Gasteiger partial charge in [0.1, 0.15) is 29.5 Å². The molecule has 0 aliphatic heterocycles. The number of hydrogen-bond donors (Lipinski definition) is 0. The van der Waals surface area contributed by atoms with Crippen molar-refractivity contribution in [3.05, 3.63) is 552 Å². The molecule has 0 radical (unpaired) electrons. The normalized spacial score (nSPS) is 9.47. The molecule has 13 aromatic carbocycles. The number of halogens is 2. The van der Waals surface area contributed by atoms with Crippen molar-refractivity contribution in [2.45, 2.75) is 39.2 Å². The highest BCUT2D eigenvalue weighted by atomic mass is 79.9. The average Bonchev–Trinajstić information content (AvgIpc) is 0.749. The Labute approximate surface area is 838 Å². The zero-order valence-corrected chi connectivity index (χ0v) is 82.3. The maximum atomic E-state index is 9.98. The third-order valence-corrected chi connectivity index (χ3v) is 26.2. The summed E-state index contributed by atoms with van der Waals surface area (Å²) in [6.07, 6.45) is 34.1. The predicted octanol–water partition coefficient (Wildman–Crippen LogP) is 20.5. The summed E-state index contributed by atoms with van der Waals surface area (Å²) >= 11 is 3.39. The molecule has 4 aromatic heterocycles. The van der Waals surface area contributed by atoms with Crippen LogP contribution in [0.15, 0.2) is 468 Å². The van der Waals surface area contributed by atoms with Crippen LogP contribution in [0.1, 0.15) is 88.2 Å². The maximum Gasteiger partial charge on any atom is 0.373 e. The predicted molar refractivity (Wildman–Crippen MR) is 559 cm³/mol. The van der Waals surface area contributed by atoms with E-state index in [1.54, 1.807) is 61.7 Å². The van der Waals surface area contributed by atoms with Crippen LogP contribution in [0.4, 0.5) is 0 Å². The summed E-state index contributed by atoms with van der Waals surface area (Å²) in [5.74, 6) is 0. The van der Waals surface area contributed by atoms with E-state index in [-0.39, 0.29) is 53.9 Å². The molecule has 0 aliphatic carbocycles. The molecule has 21 heteroatoms. The van der Waals surface area contributed by atoms with Gasteiger partial charge in [0, 0.05) is 60.5 Å². The Hall–Kier alpha value is -16.8. The number of aldehydes is 1. The van der Waals surface area contributed by atoms with Crippen LogP contribution in [0.5, 0.6) is 0 Å². The highest BCUT2D eigenvalue weighted by molar-refractivity contribution is 9.08. The van der Waals surface area contributed by atoms with Crippen molar-refractivity contribution in [3.8, 4) is 0 Å². The van der Waals surface area contributed by atoms with Gasteiger partial charge in [0.05, 0.1) is 6.16 Å². The lowest BCUT2D eigenvalue weighted by atomic mass is 10.1. The van der Waals surface area contributed by atoms with Crippen LogP contribution in [0.25, 0.3) is 48.6 Å². The summed E-state index contributed by atoms with van der Waals surface area (Å²) in [5.41, 5.74) is 18.3. The third-order valence-electron chi connectivity index (χ3n) is 18.7. The molecule has 140 heavy (non-hydrogen) atoms. The molecule has 17 rings (SSSR count). The first kappa shape index (κ1) is 117. The molecule has 0 unspecified atom stereocenters. The monoisotopic (exact) mass is 2010 g/mol. The first-order valence-corrected chi connectivity index (χ1v) is 47.2. The molecule has 0 N–H and O–H groups in total. The van der Waals surface area contributed by atoms with Crippen LogP contribution >= 0.6 is 31.1 Å². The highest BCUT2D eigenvalue weighted by Crippen LogP contribution is 2.58. The van der Waals surface area contributed by atoms with Crippen LogP contribution in [0.3, 0.4) is 0 Å². The van der Waals surface area contributed by atoms with E-state index in [2.05, 4.69) is 440 Å². The van der Waals surface area contributed by atoms with Gasteiger partial charge in [-0.2, -0.15) is 57.5 Å². The number of hydrogen-bond acceptors (Lipinski definition) is 17. The number of carbonyl (C=O) groups excluding carboxylic acids is 13. The Morgan fingerprint density at radius 3 is 0.650 bits per heavy atom. The molecule has 700 valence electrons. The molecule has 0 spiro atoms. The van der Waals surface area contributed by atoms with Crippen LogP contribution in [-0.2, 0) is 69.0 Å². The quantitative estimate of drug-likeness (QED) is 0.0334. The second-order valence-electron chi connectivity index (χ2n) is 28.6. The molecule has 0 fully saturated rings. The third kappa shape index (κ3) is 50.5. The fourth-order valence-electron chi connectivity index (χ4n) is 12.7.